The van der Waals surface area contributed by atoms with Crippen molar-refractivity contribution < 1.29 is 4.79 Å². The summed E-state index contributed by atoms with van der Waals surface area (Å²) in [4.78, 5) is 15.7. The lowest BCUT2D eigenvalue weighted by atomic mass is 10.1. The van der Waals surface area contributed by atoms with E-state index in [1.807, 2.05) is 25.3 Å². The maximum Gasteiger partial charge on any atom is 0.170 e. The van der Waals surface area contributed by atoms with Gasteiger partial charge in [-0.15, -0.1) is 0 Å². The molecule has 1 saturated carbocycles. The summed E-state index contributed by atoms with van der Waals surface area (Å²) in [7, 11) is 0. The van der Waals surface area contributed by atoms with Crippen molar-refractivity contribution >= 4 is 11.8 Å². The van der Waals surface area contributed by atoms with E-state index in [0.29, 0.717) is 11.6 Å². The van der Waals surface area contributed by atoms with Gasteiger partial charge in [-0.1, -0.05) is 18.9 Å². The Kier molecular flexibility index (Phi) is 2.46. The fourth-order valence-electron chi connectivity index (χ4n) is 2.92. The van der Waals surface area contributed by atoms with Gasteiger partial charge in [-0.2, -0.15) is 0 Å². The van der Waals surface area contributed by atoms with Crippen LogP contribution in [0.25, 0.3) is 5.52 Å². The van der Waals surface area contributed by atoms with Crippen LogP contribution < -0.4 is 0 Å². The Bertz CT molecular complexity index is 565. The zero-order valence-corrected chi connectivity index (χ0v) is 10.0. The van der Waals surface area contributed by atoms with Crippen molar-refractivity contribution in [3.63, 3.8) is 0 Å². The molecule has 0 spiro atoms. The predicted molar refractivity (Wildman–Crippen MR) is 66.5 cm³/mol. The van der Waals surface area contributed by atoms with E-state index < -0.39 is 0 Å². The summed E-state index contributed by atoms with van der Waals surface area (Å²) in [6.45, 7) is 2.03. The maximum absolute atomic E-state index is 11.1. The van der Waals surface area contributed by atoms with Crippen LogP contribution in [0, 0.1) is 6.92 Å². The van der Waals surface area contributed by atoms with Crippen molar-refractivity contribution in [1.82, 2.24) is 9.38 Å². The molecule has 1 fully saturated rings. The minimum Gasteiger partial charge on any atom is -0.302 e. The summed E-state index contributed by atoms with van der Waals surface area (Å²) in [6.07, 6.45) is 7.86. The number of fused-ring (bicyclic) bond motifs is 1. The Morgan fingerprint density at radius 2 is 2.18 bits per heavy atom. The van der Waals surface area contributed by atoms with Crippen molar-refractivity contribution in [2.75, 3.05) is 0 Å². The second-order valence-corrected chi connectivity index (χ2v) is 4.86. The summed E-state index contributed by atoms with van der Waals surface area (Å²) in [5.41, 5.74) is 2.68. The minimum absolute atomic E-state index is 0.526. The Morgan fingerprint density at radius 1 is 1.41 bits per heavy atom. The molecule has 1 aliphatic carbocycles. The minimum atomic E-state index is 0.526. The van der Waals surface area contributed by atoms with E-state index in [1.165, 1.54) is 25.7 Å². The van der Waals surface area contributed by atoms with E-state index >= 15 is 0 Å². The zero-order chi connectivity index (χ0) is 11.8. The Labute approximate surface area is 100 Å². The third kappa shape index (κ3) is 1.57. The van der Waals surface area contributed by atoms with E-state index in [0.717, 1.165) is 23.2 Å². The van der Waals surface area contributed by atoms with Gasteiger partial charge in [0.05, 0.1) is 5.52 Å². The molecule has 0 N–H and O–H groups in total. The quantitative estimate of drug-likeness (QED) is 0.740. The summed E-state index contributed by atoms with van der Waals surface area (Å²) in [5, 5.41) is 0. The number of aromatic nitrogens is 2. The summed E-state index contributed by atoms with van der Waals surface area (Å²) >= 11 is 0. The van der Waals surface area contributed by atoms with Gasteiger partial charge < -0.3 is 4.40 Å². The Morgan fingerprint density at radius 3 is 2.88 bits per heavy atom. The normalized spacial score (nSPS) is 16.8. The van der Waals surface area contributed by atoms with E-state index in [1.54, 1.807) is 0 Å². The lowest BCUT2D eigenvalue weighted by molar-refractivity contribution is 0.112. The average molecular weight is 228 g/mol. The van der Waals surface area contributed by atoms with Gasteiger partial charge in [0, 0.05) is 12.1 Å². The average Bonchev–Trinajstić information content (AvgIpc) is 2.95. The van der Waals surface area contributed by atoms with Crippen molar-refractivity contribution in [3.05, 3.63) is 35.4 Å². The SMILES string of the molecule is Cc1cccn2c(C3CCCC3)nc(C=O)c12. The molecule has 2 heterocycles. The molecule has 0 aromatic carbocycles. The maximum atomic E-state index is 11.1. The number of nitrogens with zero attached hydrogens (tertiary/aromatic N) is 2. The van der Waals surface area contributed by atoms with E-state index in [9.17, 15) is 4.79 Å². The van der Waals surface area contributed by atoms with Gasteiger partial charge in [0.25, 0.3) is 0 Å². The number of hydrogen-bond acceptors (Lipinski definition) is 2. The van der Waals surface area contributed by atoms with Gasteiger partial charge in [-0.3, -0.25) is 4.79 Å². The van der Waals surface area contributed by atoms with Crippen molar-refractivity contribution in [3.8, 4) is 0 Å². The van der Waals surface area contributed by atoms with Crippen LogP contribution in [0.4, 0.5) is 0 Å². The van der Waals surface area contributed by atoms with Gasteiger partial charge in [-0.05, 0) is 31.4 Å². The third-order valence-electron chi connectivity index (χ3n) is 3.75. The van der Waals surface area contributed by atoms with Gasteiger partial charge in [0.2, 0.25) is 0 Å². The zero-order valence-electron chi connectivity index (χ0n) is 10.0. The molecule has 0 saturated heterocycles. The molecule has 88 valence electrons. The van der Waals surface area contributed by atoms with Crippen LogP contribution in [0.2, 0.25) is 0 Å². The van der Waals surface area contributed by atoms with Crippen LogP contribution in [0.3, 0.4) is 0 Å². The second-order valence-electron chi connectivity index (χ2n) is 4.86. The van der Waals surface area contributed by atoms with Gasteiger partial charge >= 0.3 is 0 Å². The number of aryl methyl sites for hydroxylation is 1. The van der Waals surface area contributed by atoms with Crippen LogP contribution >= 0.6 is 0 Å². The molecule has 0 bridgehead atoms. The number of rotatable bonds is 2. The standard InChI is InChI=1S/C14H16N2O/c1-10-5-4-8-16-13(10)12(9-17)15-14(16)11-6-2-3-7-11/h4-5,8-9,11H,2-3,6-7H2,1H3. The monoisotopic (exact) mass is 228 g/mol. The highest BCUT2D eigenvalue weighted by Crippen LogP contribution is 2.34. The van der Waals surface area contributed by atoms with E-state index in [2.05, 4.69) is 9.38 Å². The van der Waals surface area contributed by atoms with E-state index in [4.69, 9.17) is 0 Å². The molecule has 2 aromatic rings. The Balaban J connectivity index is 2.25. The number of carbonyl (C=O) groups excluding carboxylic acids is 1. The second kappa shape index (κ2) is 3.99. The Hall–Kier alpha value is -1.64. The highest BCUT2D eigenvalue weighted by molar-refractivity contribution is 5.85. The molecule has 0 aliphatic heterocycles. The predicted octanol–water partition coefficient (Wildman–Crippen LogP) is 3.11. The molecule has 0 amide bonds. The van der Waals surface area contributed by atoms with Crippen LogP contribution in [0.5, 0.6) is 0 Å². The molecule has 3 heteroatoms. The fraction of sp³-hybridized carbons (Fsp3) is 0.429. The number of pyridine rings is 1. The first-order valence-electron chi connectivity index (χ1n) is 6.24. The molecule has 3 nitrogen and oxygen atoms in total. The van der Waals surface area contributed by atoms with Crippen LogP contribution in [0.1, 0.15) is 53.5 Å². The molecule has 0 unspecified atom stereocenters. The lowest BCUT2D eigenvalue weighted by Gasteiger charge is -2.08. The summed E-state index contributed by atoms with van der Waals surface area (Å²) in [6, 6.07) is 4.06. The smallest absolute Gasteiger partial charge is 0.170 e. The van der Waals surface area contributed by atoms with E-state index in [-0.39, 0.29) is 0 Å². The van der Waals surface area contributed by atoms with Gasteiger partial charge in [0.1, 0.15) is 11.5 Å². The summed E-state index contributed by atoms with van der Waals surface area (Å²) < 4.78 is 2.11. The summed E-state index contributed by atoms with van der Waals surface area (Å²) in [5.74, 6) is 1.60. The highest BCUT2D eigenvalue weighted by atomic mass is 16.1. The molecule has 0 atom stereocenters. The third-order valence-corrected chi connectivity index (χ3v) is 3.75. The molecular formula is C14H16N2O. The fourth-order valence-corrected chi connectivity index (χ4v) is 2.92. The number of carbonyl (C=O) groups is 1. The molecular weight excluding hydrogens is 212 g/mol. The van der Waals surface area contributed by atoms with Crippen LogP contribution in [0.15, 0.2) is 18.3 Å². The molecule has 3 rings (SSSR count). The first-order valence-corrected chi connectivity index (χ1v) is 6.24. The highest BCUT2D eigenvalue weighted by Gasteiger charge is 2.23. The van der Waals surface area contributed by atoms with Gasteiger partial charge in [0.15, 0.2) is 6.29 Å². The number of imidazole rings is 1. The largest absolute Gasteiger partial charge is 0.302 e. The molecule has 1 aliphatic rings. The lowest BCUT2D eigenvalue weighted by Crippen LogP contribution is -2.00. The van der Waals surface area contributed by atoms with Crippen molar-refractivity contribution in [1.29, 1.82) is 0 Å². The van der Waals surface area contributed by atoms with Crippen LogP contribution in [-0.2, 0) is 0 Å². The van der Waals surface area contributed by atoms with Crippen LogP contribution in [-0.4, -0.2) is 15.7 Å². The topological polar surface area (TPSA) is 34.4 Å². The first-order chi connectivity index (χ1) is 8.31. The molecule has 2 aromatic heterocycles. The van der Waals surface area contributed by atoms with Crippen molar-refractivity contribution in [2.24, 2.45) is 0 Å². The van der Waals surface area contributed by atoms with Crippen molar-refractivity contribution in [2.45, 2.75) is 38.5 Å². The number of hydrogen-bond donors (Lipinski definition) is 0. The first kappa shape index (κ1) is 10.5. The molecule has 17 heavy (non-hydrogen) atoms. The number of aldehydes is 1. The van der Waals surface area contributed by atoms with Gasteiger partial charge in [-0.25, -0.2) is 4.98 Å². The molecule has 0 radical (unpaired) electrons.